The van der Waals surface area contributed by atoms with Crippen molar-refractivity contribution in [3.05, 3.63) is 150 Å². The van der Waals surface area contributed by atoms with Crippen LogP contribution in [0.4, 0.5) is 0 Å². The van der Waals surface area contributed by atoms with E-state index in [2.05, 4.69) is 149 Å². The van der Waals surface area contributed by atoms with E-state index in [9.17, 15) is 0 Å². The quantitative estimate of drug-likeness (QED) is 0.139. The van der Waals surface area contributed by atoms with Crippen molar-refractivity contribution in [2.24, 2.45) is 33.1 Å². The fraction of sp³-hybridized carbons (Fsp3) is 0.612. The Morgan fingerprint density at radius 3 is 1.48 bits per heavy atom. The maximum atomic E-state index is 5.53. The highest BCUT2D eigenvalue weighted by Crippen LogP contribution is 2.29. The van der Waals surface area contributed by atoms with E-state index < -0.39 is 0 Å². The maximum Gasteiger partial charge on any atom is 0.127 e. The topological polar surface area (TPSA) is 140 Å². The van der Waals surface area contributed by atoms with Gasteiger partial charge in [0.25, 0.3) is 0 Å². The van der Waals surface area contributed by atoms with Gasteiger partial charge in [0.05, 0.1) is 38.2 Å². The van der Waals surface area contributed by atoms with E-state index in [1.165, 1.54) is 55.2 Å². The van der Waals surface area contributed by atoms with E-state index in [1.807, 2.05) is 80.4 Å². The fourth-order valence-electron chi connectivity index (χ4n) is 8.14. The molecule has 4 aliphatic rings. The maximum absolute atomic E-state index is 5.53. The molecule has 4 aliphatic heterocycles. The van der Waals surface area contributed by atoms with E-state index in [0.717, 1.165) is 120 Å². The molecule has 5 aromatic heterocycles. The number of hydrogen-bond acceptors (Lipinski definition) is 12. The van der Waals surface area contributed by atoms with Crippen LogP contribution in [0.2, 0.25) is 0 Å². The van der Waals surface area contributed by atoms with Gasteiger partial charge >= 0.3 is 0 Å². The Hall–Kier alpha value is -5.14. The average molecular weight is 1090 g/mol. The third kappa shape index (κ3) is 43.4. The zero-order valence-corrected chi connectivity index (χ0v) is 52.1. The zero-order chi connectivity index (χ0) is 58.5. The second-order valence-corrected chi connectivity index (χ2v) is 23.5. The molecule has 0 bridgehead atoms. The van der Waals surface area contributed by atoms with Gasteiger partial charge in [0.1, 0.15) is 5.82 Å². The number of nitrogens with zero attached hydrogens (tertiary/aromatic N) is 8. The van der Waals surface area contributed by atoms with E-state index in [0.29, 0.717) is 22.3 Å². The Balaban J connectivity index is 0.000000445. The summed E-state index contributed by atoms with van der Waals surface area (Å²) < 4.78 is 21.3. The summed E-state index contributed by atoms with van der Waals surface area (Å²) in [7, 11) is 0. The molecule has 2 unspecified atom stereocenters. The lowest BCUT2D eigenvalue weighted by Gasteiger charge is -2.28. The van der Waals surface area contributed by atoms with Crippen molar-refractivity contribution in [2.45, 2.75) is 187 Å². The number of aryl methyl sites for hydroxylation is 5. The molecule has 79 heavy (non-hydrogen) atoms. The van der Waals surface area contributed by atoms with Crippen LogP contribution in [-0.4, -0.2) is 100.0 Å². The minimum absolute atomic E-state index is 0.323. The lowest BCUT2D eigenvalue weighted by molar-refractivity contribution is -0.100. The molecule has 0 aliphatic carbocycles. The van der Waals surface area contributed by atoms with Gasteiger partial charge in [0.15, 0.2) is 0 Å². The summed E-state index contributed by atoms with van der Waals surface area (Å²) in [5, 5.41) is 0. The van der Waals surface area contributed by atoms with Crippen molar-refractivity contribution in [1.82, 2.24) is 34.9 Å². The van der Waals surface area contributed by atoms with E-state index in [1.54, 1.807) is 37.2 Å². The summed E-state index contributed by atoms with van der Waals surface area (Å²) in [5.74, 6) is 2.70. The summed E-state index contributed by atoms with van der Waals surface area (Å²) in [4.78, 5) is 32.0. The van der Waals surface area contributed by atoms with Crippen molar-refractivity contribution in [2.75, 3.05) is 52.8 Å². The molecule has 9 rings (SSSR count). The normalized spacial score (nSPS) is 16.5. The fourth-order valence-corrected chi connectivity index (χ4v) is 8.14. The average Bonchev–Trinajstić information content (AvgIpc) is 4.19. The predicted molar refractivity (Wildman–Crippen MR) is 331 cm³/mol. The Morgan fingerprint density at radius 2 is 1.09 bits per heavy atom. The summed E-state index contributed by atoms with van der Waals surface area (Å²) in [6, 6.07) is 15.9. The van der Waals surface area contributed by atoms with Gasteiger partial charge in [0, 0.05) is 107 Å². The van der Waals surface area contributed by atoms with Crippen LogP contribution in [0.15, 0.2) is 127 Å². The number of hydrogen-bond donors (Lipinski definition) is 0. The Labute approximate surface area is 481 Å². The van der Waals surface area contributed by atoms with Crippen molar-refractivity contribution in [3.8, 4) is 0 Å². The molecule has 0 spiro atoms. The third-order valence-corrected chi connectivity index (χ3v) is 12.3. The van der Waals surface area contributed by atoms with Gasteiger partial charge in [0.2, 0.25) is 0 Å². The molecule has 440 valence electrons. The van der Waals surface area contributed by atoms with E-state index in [4.69, 9.17) is 18.9 Å². The lowest BCUT2D eigenvalue weighted by Crippen LogP contribution is -2.31. The Morgan fingerprint density at radius 1 is 0.468 bits per heavy atom. The highest BCUT2D eigenvalue weighted by molar-refractivity contribution is 5.75. The monoisotopic (exact) mass is 1090 g/mol. The molecule has 2 atom stereocenters. The molecule has 5 aromatic rings. The molecular formula is C67H108N8O4. The minimum Gasteiger partial charge on any atom is -0.381 e. The predicted octanol–water partition coefficient (Wildman–Crippen LogP) is 15.6. The first-order chi connectivity index (χ1) is 37.8. The highest BCUT2D eigenvalue weighted by Gasteiger charge is 2.23. The molecular weight excluding hydrogens is 981 g/mol. The first-order valence-corrected chi connectivity index (χ1v) is 29.5. The smallest absolute Gasteiger partial charge is 0.127 e. The van der Waals surface area contributed by atoms with Crippen LogP contribution in [0.25, 0.3) is 0 Å². The molecule has 0 aromatic carbocycles. The number of ether oxygens (including phenoxy) is 4. The first-order valence-electron chi connectivity index (χ1n) is 29.5. The van der Waals surface area contributed by atoms with Gasteiger partial charge in [-0.3, -0.25) is 29.9 Å². The molecule has 9 heterocycles. The molecule has 0 radical (unpaired) electrons. The molecule has 12 heteroatoms. The van der Waals surface area contributed by atoms with E-state index in [-0.39, 0.29) is 0 Å². The van der Waals surface area contributed by atoms with Gasteiger partial charge in [-0.2, -0.15) is 0 Å². The standard InChI is InChI=1S/C9H15N.C9H18O2.C9H18O.3C7H9N.C7H14O.2C6H8N2/c1-9(2,3)6-8-4-5-10-7-8;1-9(2,3)6-8-7-10-4-5-11-8;1-9(2,3)6-8-4-5-10-7-8;1-2-7-3-5-8-6-4-7;1-2-7-4-3-5-8-6-7;1-2-7-5-3-4-6-8-7;1-2-7-3-5-8-6-4-7;1-2-6-5-7-3-4-8-6;1-2-6-7-4-3-5-8-6/h4-5H,6-7H2,1-3H3;8H,4-7H2,1-3H3;8H,4-7H2,1-3H3;3*3-6H,2H2,1H3;7H,2-6H2,1H3;2*3-5H,2H2,1H3. The van der Waals surface area contributed by atoms with Crippen LogP contribution >= 0.6 is 0 Å². The molecule has 12 nitrogen and oxygen atoms in total. The van der Waals surface area contributed by atoms with Crippen LogP contribution in [0, 0.1) is 28.1 Å². The Kier molecular flexibility index (Phi) is 40.6. The number of aliphatic imine (C=N–C) groups is 1. The van der Waals surface area contributed by atoms with Gasteiger partial charge < -0.3 is 18.9 Å². The highest BCUT2D eigenvalue weighted by atomic mass is 16.6. The number of rotatable bonds is 9. The van der Waals surface area contributed by atoms with Crippen LogP contribution in [0.5, 0.6) is 0 Å². The van der Waals surface area contributed by atoms with Crippen molar-refractivity contribution >= 4 is 6.21 Å². The molecule has 3 saturated heterocycles. The zero-order valence-electron chi connectivity index (χ0n) is 52.1. The Bertz CT molecular complexity index is 1930. The summed E-state index contributed by atoms with van der Waals surface area (Å²) in [6.07, 6.45) is 36.0. The SMILES string of the molecule is CC(C)(C)CC1=CC=NC1.CC(C)(C)CC1CCOC1.CC(C)(C)CC1COCCO1.CCC1CCOCC1.CCc1ccccn1.CCc1cccnc1.CCc1ccncc1.CCc1cnccn1.CCc1ncccn1. The number of aromatic nitrogens is 7. The molecule has 0 saturated carbocycles. The van der Waals surface area contributed by atoms with Gasteiger partial charge in [-0.05, 0) is 151 Å². The minimum atomic E-state index is 0.323. The second-order valence-electron chi connectivity index (χ2n) is 23.5. The van der Waals surface area contributed by atoms with Crippen LogP contribution in [0.3, 0.4) is 0 Å². The number of pyridine rings is 3. The summed E-state index contributed by atoms with van der Waals surface area (Å²) in [5.41, 5.74) is 7.57. The first kappa shape index (κ1) is 71.9. The molecule has 3 fully saturated rings. The van der Waals surface area contributed by atoms with Crippen LogP contribution in [0.1, 0.15) is 177 Å². The summed E-state index contributed by atoms with van der Waals surface area (Å²) in [6.45, 7) is 40.3. The van der Waals surface area contributed by atoms with Crippen LogP contribution in [-0.2, 0) is 51.1 Å². The molecule has 0 N–H and O–H groups in total. The van der Waals surface area contributed by atoms with Gasteiger partial charge in [-0.1, -0.05) is 122 Å². The van der Waals surface area contributed by atoms with Crippen molar-refractivity contribution < 1.29 is 18.9 Å². The third-order valence-electron chi connectivity index (χ3n) is 12.3. The molecule has 0 amide bonds. The van der Waals surface area contributed by atoms with Crippen LogP contribution < -0.4 is 0 Å². The second kappa shape index (κ2) is 44.6. The largest absolute Gasteiger partial charge is 0.381 e. The number of allylic oxidation sites excluding steroid dienone is 1. The summed E-state index contributed by atoms with van der Waals surface area (Å²) >= 11 is 0. The van der Waals surface area contributed by atoms with E-state index >= 15 is 0 Å². The van der Waals surface area contributed by atoms with Crippen molar-refractivity contribution in [3.63, 3.8) is 0 Å². The van der Waals surface area contributed by atoms with Gasteiger partial charge in [-0.25, -0.2) is 9.97 Å². The van der Waals surface area contributed by atoms with Crippen molar-refractivity contribution in [1.29, 1.82) is 0 Å². The van der Waals surface area contributed by atoms with Gasteiger partial charge in [-0.15, -0.1) is 0 Å². The lowest BCUT2D eigenvalue weighted by atomic mass is 9.84.